The maximum absolute atomic E-state index is 10.6. The van der Waals surface area contributed by atoms with E-state index in [2.05, 4.69) is 37.0 Å². The summed E-state index contributed by atoms with van der Waals surface area (Å²) in [4.78, 5) is 16.7. The van der Waals surface area contributed by atoms with Crippen molar-refractivity contribution in [3.8, 4) is 0 Å². The zero-order valence-electron chi connectivity index (χ0n) is 9.50. The highest BCUT2D eigenvalue weighted by Crippen LogP contribution is 2.34. The summed E-state index contributed by atoms with van der Waals surface area (Å²) in [5.41, 5.74) is 0.700. The fourth-order valence-electron chi connectivity index (χ4n) is 2.03. The number of nitrogens with zero attached hydrogens (tertiary/aromatic N) is 3. The zero-order chi connectivity index (χ0) is 13.0. The SMILES string of the molecule is O=C(O)N[C@H]1CCCN(c2sncc2N=C=S)C1. The van der Waals surface area contributed by atoms with E-state index in [9.17, 15) is 4.79 Å². The molecule has 0 aliphatic carbocycles. The molecule has 96 valence electrons. The molecule has 1 aliphatic rings. The molecule has 1 fully saturated rings. The van der Waals surface area contributed by atoms with E-state index in [0.717, 1.165) is 24.4 Å². The summed E-state index contributed by atoms with van der Waals surface area (Å²) in [6, 6.07) is -0.0531. The monoisotopic (exact) mass is 284 g/mol. The number of carbonyl (C=O) groups is 1. The van der Waals surface area contributed by atoms with E-state index >= 15 is 0 Å². The van der Waals surface area contributed by atoms with Crippen molar-refractivity contribution >= 4 is 45.7 Å². The van der Waals surface area contributed by atoms with Crippen LogP contribution in [0.25, 0.3) is 0 Å². The Hall–Kier alpha value is -1.50. The first-order valence-corrected chi connectivity index (χ1v) is 6.66. The molecule has 1 aromatic heterocycles. The fraction of sp³-hybridized carbons (Fsp3) is 0.500. The standard InChI is InChI=1S/C10H12N4O2S2/c15-10(16)13-7-2-1-3-14(5-7)9-8(11-6-17)4-12-18-9/h4,7,13H,1-3,5H2,(H,15,16)/t7-/m0/s1. The lowest BCUT2D eigenvalue weighted by Crippen LogP contribution is -2.47. The van der Waals surface area contributed by atoms with Crippen LogP contribution in [0.15, 0.2) is 11.2 Å². The number of nitrogens with one attached hydrogen (secondary N) is 1. The Labute approximate surface area is 114 Å². The molecule has 1 saturated heterocycles. The molecule has 1 aliphatic heterocycles. The minimum absolute atomic E-state index is 0.0531. The number of aromatic nitrogens is 1. The van der Waals surface area contributed by atoms with Gasteiger partial charge in [0.15, 0.2) is 0 Å². The average Bonchev–Trinajstić information content (AvgIpc) is 2.77. The van der Waals surface area contributed by atoms with Gasteiger partial charge in [-0.1, -0.05) is 0 Å². The number of hydrogen-bond donors (Lipinski definition) is 2. The number of anilines is 1. The molecule has 2 N–H and O–H groups in total. The van der Waals surface area contributed by atoms with E-state index in [4.69, 9.17) is 5.11 Å². The van der Waals surface area contributed by atoms with Gasteiger partial charge in [-0.25, -0.2) is 4.79 Å². The van der Waals surface area contributed by atoms with Gasteiger partial charge in [0.25, 0.3) is 0 Å². The number of aliphatic imine (C=N–C) groups is 1. The van der Waals surface area contributed by atoms with E-state index in [1.54, 1.807) is 6.20 Å². The number of hydrogen-bond acceptors (Lipinski definition) is 6. The molecule has 2 heterocycles. The maximum atomic E-state index is 10.6. The third-order valence-electron chi connectivity index (χ3n) is 2.74. The number of thiocarbonyl (C=S) groups is 1. The summed E-state index contributed by atoms with van der Waals surface area (Å²) in [5.74, 6) is 0. The van der Waals surface area contributed by atoms with Crippen LogP contribution in [0.4, 0.5) is 15.5 Å². The summed E-state index contributed by atoms with van der Waals surface area (Å²) in [5, 5.41) is 14.5. The molecule has 0 radical (unpaired) electrons. The molecule has 0 bridgehead atoms. The van der Waals surface area contributed by atoms with Crippen molar-refractivity contribution in [2.24, 2.45) is 4.99 Å². The highest BCUT2D eigenvalue weighted by Gasteiger charge is 2.24. The number of rotatable bonds is 3. The van der Waals surface area contributed by atoms with Crippen molar-refractivity contribution in [2.45, 2.75) is 18.9 Å². The minimum atomic E-state index is -0.983. The summed E-state index contributed by atoms with van der Waals surface area (Å²) < 4.78 is 4.09. The lowest BCUT2D eigenvalue weighted by atomic mass is 10.1. The number of carboxylic acid groups (broad SMARTS) is 1. The zero-order valence-corrected chi connectivity index (χ0v) is 11.1. The summed E-state index contributed by atoms with van der Waals surface area (Å²) in [7, 11) is 0. The van der Waals surface area contributed by atoms with Crippen LogP contribution in [-0.4, -0.2) is 39.9 Å². The second kappa shape index (κ2) is 5.90. The molecular weight excluding hydrogens is 272 g/mol. The molecule has 2 rings (SSSR count). The van der Waals surface area contributed by atoms with E-state index in [1.165, 1.54) is 11.5 Å². The van der Waals surface area contributed by atoms with E-state index in [-0.39, 0.29) is 6.04 Å². The van der Waals surface area contributed by atoms with Crippen LogP contribution in [0.3, 0.4) is 0 Å². The Balaban J connectivity index is 2.10. The first-order valence-electron chi connectivity index (χ1n) is 5.47. The molecule has 0 spiro atoms. The van der Waals surface area contributed by atoms with Gasteiger partial charge in [-0.2, -0.15) is 9.37 Å². The quantitative estimate of drug-likeness (QED) is 0.656. The third kappa shape index (κ3) is 3.04. The molecule has 0 saturated carbocycles. The highest BCUT2D eigenvalue weighted by molar-refractivity contribution is 7.78. The van der Waals surface area contributed by atoms with Gasteiger partial charge in [0.05, 0.1) is 11.4 Å². The Bertz CT molecular complexity index is 484. The first kappa shape index (κ1) is 12.9. The van der Waals surface area contributed by atoms with Crippen LogP contribution in [0, 0.1) is 0 Å². The summed E-state index contributed by atoms with van der Waals surface area (Å²) in [6.07, 6.45) is 2.45. The lowest BCUT2D eigenvalue weighted by Gasteiger charge is -2.33. The Morgan fingerprint density at radius 1 is 1.78 bits per heavy atom. The van der Waals surface area contributed by atoms with Gasteiger partial charge in [0, 0.05) is 19.1 Å². The normalized spacial score (nSPS) is 19.1. The number of piperidine rings is 1. The second-order valence-electron chi connectivity index (χ2n) is 3.95. The molecule has 1 aromatic rings. The topological polar surface area (TPSA) is 77.8 Å². The van der Waals surface area contributed by atoms with Crippen molar-refractivity contribution in [1.29, 1.82) is 0 Å². The van der Waals surface area contributed by atoms with Crippen LogP contribution < -0.4 is 10.2 Å². The first-order chi connectivity index (χ1) is 8.70. The molecule has 18 heavy (non-hydrogen) atoms. The van der Waals surface area contributed by atoms with Gasteiger partial charge in [0.2, 0.25) is 0 Å². The smallest absolute Gasteiger partial charge is 0.404 e. The molecule has 6 nitrogen and oxygen atoms in total. The van der Waals surface area contributed by atoms with Gasteiger partial charge in [-0.15, -0.1) is 0 Å². The molecule has 0 aromatic carbocycles. The molecule has 1 amide bonds. The van der Waals surface area contributed by atoms with Crippen LogP contribution in [-0.2, 0) is 0 Å². The summed E-state index contributed by atoms with van der Waals surface area (Å²) >= 11 is 5.93. The van der Waals surface area contributed by atoms with Crippen LogP contribution in [0.2, 0.25) is 0 Å². The molecular formula is C10H12N4O2S2. The summed E-state index contributed by atoms with van der Waals surface area (Å²) in [6.45, 7) is 1.51. The minimum Gasteiger partial charge on any atom is -0.465 e. The van der Waals surface area contributed by atoms with Gasteiger partial charge < -0.3 is 15.3 Å². The van der Waals surface area contributed by atoms with Crippen molar-refractivity contribution in [1.82, 2.24) is 9.69 Å². The van der Waals surface area contributed by atoms with Gasteiger partial charge in [-0.05, 0) is 36.6 Å². The molecule has 8 heteroatoms. The maximum Gasteiger partial charge on any atom is 0.404 e. The van der Waals surface area contributed by atoms with Crippen molar-refractivity contribution in [3.05, 3.63) is 6.20 Å². The molecule has 1 atom stereocenters. The lowest BCUT2D eigenvalue weighted by molar-refractivity contribution is 0.188. The van der Waals surface area contributed by atoms with Crippen molar-refractivity contribution in [2.75, 3.05) is 18.0 Å². The second-order valence-corrected chi connectivity index (χ2v) is 4.92. The van der Waals surface area contributed by atoms with Crippen molar-refractivity contribution in [3.63, 3.8) is 0 Å². The number of amides is 1. The van der Waals surface area contributed by atoms with Crippen LogP contribution in [0.1, 0.15) is 12.8 Å². The van der Waals surface area contributed by atoms with E-state index in [1.807, 2.05) is 0 Å². The Morgan fingerprint density at radius 2 is 2.61 bits per heavy atom. The predicted octanol–water partition coefficient (Wildman–Crippen LogP) is 2.11. The molecule has 0 unspecified atom stereocenters. The van der Waals surface area contributed by atoms with Crippen LogP contribution in [0.5, 0.6) is 0 Å². The fourth-order valence-corrected chi connectivity index (χ4v) is 2.85. The number of isothiocyanates is 1. The third-order valence-corrected chi connectivity index (χ3v) is 3.68. The van der Waals surface area contributed by atoms with Gasteiger partial charge in [0.1, 0.15) is 10.7 Å². The Morgan fingerprint density at radius 3 is 3.33 bits per heavy atom. The largest absolute Gasteiger partial charge is 0.465 e. The average molecular weight is 284 g/mol. The highest BCUT2D eigenvalue weighted by atomic mass is 32.1. The van der Waals surface area contributed by atoms with E-state index in [0.29, 0.717) is 12.2 Å². The van der Waals surface area contributed by atoms with Gasteiger partial charge >= 0.3 is 6.09 Å². The van der Waals surface area contributed by atoms with Crippen LogP contribution >= 0.6 is 23.8 Å². The Kier molecular flexibility index (Phi) is 4.24. The van der Waals surface area contributed by atoms with Gasteiger partial charge in [-0.3, -0.25) is 0 Å². The van der Waals surface area contributed by atoms with E-state index < -0.39 is 6.09 Å². The van der Waals surface area contributed by atoms with Crippen molar-refractivity contribution < 1.29 is 9.90 Å². The predicted molar refractivity (Wildman–Crippen MR) is 73.2 cm³/mol.